The Hall–Kier alpha value is -2.96. The fourth-order valence-electron chi connectivity index (χ4n) is 5.04. The molecule has 1 fully saturated rings. The third-order valence-electron chi connectivity index (χ3n) is 6.97. The second-order valence-electron chi connectivity index (χ2n) is 9.29. The minimum Gasteiger partial charge on any atom is -0.492 e. The fourth-order valence-corrected chi connectivity index (χ4v) is 5.04. The first kappa shape index (κ1) is 22.8. The highest BCUT2D eigenvalue weighted by atomic mass is 19.1. The lowest BCUT2D eigenvalue weighted by Gasteiger charge is -2.37. The molecular weight excluding hydrogens is 431 g/mol. The van der Waals surface area contributed by atoms with E-state index in [0.717, 1.165) is 73.6 Å². The van der Waals surface area contributed by atoms with E-state index in [4.69, 9.17) is 9.47 Å². The van der Waals surface area contributed by atoms with Crippen molar-refractivity contribution in [1.29, 1.82) is 0 Å². The molecule has 0 bridgehead atoms. The molecule has 0 saturated carbocycles. The molecule has 2 aromatic carbocycles. The molecule has 3 heterocycles. The van der Waals surface area contributed by atoms with E-state index in [-0.39, 0.29) is 18.7 Å². The molecule has 5 nitrogen and oxygen atoms in total. The van der Waals surface area contributed by atoms with Gasteiger partial charge in [0, 0.05) is 48.8 Å². The van der Waals surface area contributed by atoms with E-state index in [1.54, 1.807) is 6.07 Å². The van der Waals surface area contributed by atoms with Crippen molar-refractivity contribution < 1.29 is 18.7 Å². The van der Waals surface area contributed by atoms with Gasteiger partial charge in [-0.25, -0.2) is 0 Å². The molecular formula is C28H31FN2O3. The number of rotatable bonds is 8. The summed E-state index contributed by atoms with van der Waals surface area (Å²) in [5.74, 6) is 1.82. The molecule has 6 heteroatoms. The predicted molar refractivity (Wildman–Crippen MR) is 131 cm³/mol. The number of likely N-dealkylation sites (tertiary alicyclic amines) is 1. The van der Waals surface area contributed by atoms with E-state index in [1.807, 2.05) is 24.3 Å². The van der Waals surface area contributed by atoms with Crippen LogP contribution < -0.4 is 14.8 Å². The van der Waals surface area contributed by atoms with Crippen LogP contribution in [-0.2, 0) is 0 Å². The molecule has 1 saturated heterocycles. The first-order valence-corrected chi connectivity index (χ1v) is 12.0. The number of nitrogens with zero attached hydrogens (tertiary/aromatic N) is 1. The van der Waals surface area contributed by atoms with Gasteiger partial charge < -0.3 is 14.8 Å². The number of hydrogen-bond acceptors (Lipinski definition) is 5. The van der Waals surface area contributed by atoms with Crippen molar-refractivity contribution in [2.24, 2.45) is 5.92 Å². The van der Waals surface area contributed by atoms with Crippen molar-refractivity contribution in [1.82, 2.24) is 10.2 Å². The summed E-state index contributed by atoms with van der Waals surface area (Å²) in [6.07, 6.45) is 3.85. The predicted octanol–water partition coefficient (Wildman–Crippen LogP) is 4.61. The minimum atomic E-state index is -0.228. The number of nitrogens with one attached hydrogen (secondary N) is 1. The van der Waals surface area contributed by atoms with Gasteiger partial charge in [-0.1, -0.05) is 18.2 Å². The Labute approximate surface area is 200 Å². The van der Waals surface area contributed by atoms with Crippen LogP contribution in [0.5, 0.6) is 11.5 Å². The zero-order valence-corrected chi connectivity index (χ0v) is 19.6. The molecule has 0 aliphatic carbocycles. The van der Waals surface area contributed by atoms with Crippen molar-refractivity contribution in [2.45, 2.75) is 19.4 Å². The molecule has 34 heavy (non-hydrogen) atoms. The molecule has 5 rings (SSSR count). The molecule has 1 unspecified atom stereocenters. The van der Waals surface area contributed by atoms with E-state index in [1.165, 1.54) is 11.1 Å². The van der Waals surface area contributed by atoms with Crippen LogP contribution in [0, 0.1) is 5.92 Å². The molecule has 2 aromatic rings. The smallest absolute Gasteiger partial charge is 0.150 e. The van der Waals surface area contributed by atoms with Gasteiger partial charge in [-0.15, -0.1) is 0 Å². The van der Waals surface area contributed by atoms with Crippen LogP contribution in [0.1, 0.15) is 40.9 Å². The van der Waals surface area contributed by atoms with Gasteiger partial charge in [0.15, 0.2) is 0 Å². The third-order valence-corrected chi connectivity index (χ3v) is 6.97. The van der Waals surface area contributed by atoms with Gasteiger partial charge in [-0.2, -0.15) is 0 Å². The average molecular weight is 463 g/mol. The Bertz CT molecular complexity index is 1100. The highest BCUT2D eigenvalue weighted by Crippen LogP contribution is 2.46. The number of allylic oxidation sites excluding steroid dienone is 1. The zero-order chi connectivity index (χ0) is 23.5. The summed E-state index contributed by atoms with van der Waals surface area (Å²) in [6.45, 7) is 6.74. The number of hydrogen-bond donors (Lipinski definition) is 1. The molecule has 1 atom stereocenters. The van der Waals surface area contributed by atoms with E-state index >= 15 is 0 Å². The second kappa shape index (κ2) is 10.1. The molecule has 0 amide bonds. The molecule has 0 radical (unpaired) electrons. The first-order chi connectivity index (χ1) is 16.7. The normalized spacial score (nSPS) is 20.8. The highest BCUT2D eigenvalue weighted by molar-refractivity contribution is 5.83. The maximum Gasteiger partial charge on any atom is 0.150 e. The number of ether oxygens (including phenoxy) is 2. The molecule has 0 aromatic heterocycles. The van der Waals surface area contributed by atoms with E-state index in [0.29, 0.717) is 12.2 Å². The Morgan fingerprint density at radius 2 is 2.03 bits per heavy atom. The summed E-state index contributed by atoms with van der Waals surface area (Å²) in [4.78, 5) is 13.6. The van der Waals surface area contributed by atoms with E-state index < -0.39 is 0 Å². The quantitative estimate of drug-likeness (QED) is 0.581. The topological polar surface area (TPSA) is 50.8 Å². The SMILES string of the molecule is CC1=C(C2=CCNCC2)C(c2ccc(OCCN3CC(CF)C3)cc2)Oc2ccc(C=O)cc21. The van der Waals surface area contributed by atoms with Crippen LogP contribution in [0.15, 0.2) is 59.7 Å². The molecule has 178 valence electrons. The van der Waals surface area contributed by atoms with Gasteiger partial charge in [-0.3, -0.25) is 14.1 Å². The second-order valence-corrected chi connectivity index (χ2v) is 9.29. The lowest BCUT2D eigenvalue weighted by Crippen LogP contribution is -2.49. The Kier molecular flexibility index (Phi) is 6.79. The van der Waals surface area contributed by atoms with Crippen LogP contribution in [0.2, 0.25) is 0 Å². The maximum absolute atomic E-state index is 12.6. The largest absolute Gasteiger partial charge is 0.492 e. The lowest BCUT2D eigenvalue weighted by atomic mass is 9.83. The number of carbonyl (C=O) groups excluding carboxylic acids is 1. The molecule has 3 aliphatic rings. The molecule has 0 spiro atoms. The summed E-state index contributed by atoms with van der Waals surface area (Å²) in [5.41, 5.74) is 6.34. The number of halogens is 1. The van der Waals surface area contributed by atoms with Gasteiger partial charge in [0.05, 0.1) is 6.67 Å². The number of benzene rings is 2. The van der Waals surface area contributed by atoms with Gasteiger partial charge in [0.25, 0.3) is 0 Å². The van der Waals surface area contributed by atoms with Crippen molar-refractivity contribution in [3.05, 3.63) is 76.4 Å². The Morgan fingerprint density at radius 1 is 1.21 bits per heavy atom. The standard InChI is InChI=1S/C28H31FN2O3/c1-19-25-14-20(18-32)2-7-26(25)34-28(27(19)22-8-10-30-11-9-22)23-3-5-24(6-4-23)33-13-12-31-16-21(15-29)17-31/h2-8,14,18,21,28,30H,9-13,15-17H2,1H3. The van der Waals surface area contributed by atoms with Gasteiger partial charge >= 0.3 is 0 Å². The van der Waals surface area contributed by atoms with Crippen LogP contribution >= 0.6 is 0 Å². The number of aldehydes is 1. The highest BCUT2D eigenvalue weighted by Gasteiger charge is 2.31. The van der Waals surface area contributed by atoms with Crippen molar-refractivity contribution in [2.75, 3.05) is 46.0 Å². The first-order valence-electron chi connectivity index (χ1n) is 12.0. The summed E-state index contributed by atoms with van der Waals surface area (Å²) in [6, 6.07) is 13.7. The number of alkyl halides is 1. The van der Waals surface area contributed by atoms with Crippen molar-refractivity contribution in [3.8, 4) is 11.5 Å². The average Bonchev–Trinajstić information content (AvgIpc) is 2.86. The maximum atomic E-state index is 12.6. The summed E-state index contributed by atoms with van der Waals surface area (Å²) < 4.78 is 25.0. The molecule has 1 N–H and O–H groups in total. The van der Waals surface area contributed by atoms with Crippen molar-refractivity contribution in [3.63, 3.8) is 0 Å². The van der Waals surface area contributed by atoms with Gasteiger partial charge in [0.2, 0.25) is 0 Å². The number of fused-ring (bicyclic) bond motifs is 1. The molecule has 3 aliphatic heterocycles. The third kappa shape index (κ3) is 4.65. The van der Waals surface area contributed by atoms with Crippen LogP contribution in [-0.4, -0.2) is 57.2 Å². The zero-order valence-electron chi connectivity index (χ0n) is 19.6. The minimum absolute atomic E-state index is 0.200. The summed E-state index contributed by atoms with van der Waals surface area (Å²) in [5, 5.41) is 3.38. The van der Waals surface area contributed by atoms with Gasteiger partial charge in [0.1, 0.15) is 30.5 Å². The number of carbonyl (C=O) groups is 1. The summed E-state index contributed by atoms with van der Waals surface area (Å²) in [7, 11) is 0. The lowest BCUT2D eigenvalue weighted by molar-refractivity contribution is 0.0668. The van der Waals surface area contributed by atoms with E-state index in [2.05, 4.69) is 35.3 Å². The fraction of sp³-hybridized carbons (Fsp3) is 0.393. The summed E-state index contributed by atoms with van der Waals surface area (Å²) >= 11 is 0. The van der Waals surface area contributed by atoms with Crippen LogP contribution in [0.3, 0.4) is 0 Å². The van der Waals surface area contributed by atoms with Crippen LogP contribution in [0.25, 0.3) is 5.57 Å². The van der Waals surface area contributed by atoms with Crippen LogP contribution in [0.4, 0.5) is 4.39 Å². The monoisotopic (exact) mass is 462 g/mol. The van der Waals surface area contributed by atoms with E-state index in [9.17, 15) is 9.18 Å². The van der Waals surface area contributed by atoms with Crippen molar-refractivity contribution >= 4 is 11.9 Å². The Morgan fingerprint density at radius 3 is 2.74 bits per heavy atom. The Balaban J connectivity index is 1.35. The van der Waals surface area contributed by atoms with Gasteiger partial charge in [-0.05, 0) is 66.9 Å².